The summed E-state index contributed by atoms with van der Waals surface area (Å²) < 4.78 is 10.9. The molecule has 4 rings (SSSR count). The summed E-state index contributed by atoms with van der Waals surface area (Å²) in [5, 5.41) is 15.8. The fraction of sp³-hybridized carbons (Fsp3) is 0.0769. The standard InChI is InChI=1S/C26H19ClN4O8/c1-38-21-12-15(11-20(27)23(21)39-14-22(32)28-16-6-3-2-4-7-16)10-19-24(33)29-26(35)30(25(19)34)17-8-5-9-18(13-17)31(36)37/h2-13H,14H2,1H3,(H,28,32)(H,29,33,35)/b19-10+. The second-order valence-corrected chi connectivity index (χ2v) is 8.38. The minimum absolute atomic E-state index is 0.0176. The van der Waals surface area contributed by atoms with Crippen molar-refractivity contribution in [1.29, 1.82) is 0 Å². The summed E-state index contributed by atoms with van der Waals surface area (Å²) in [5.41, 5.74) is -0.0579. The molecule has 13 heteroatoms. The Morgan fingerprint density at radius 2 is 1.85 bits per heavy atom. The summed E-state index contributed by atoms with van der Waals surface area (Å²) in [5.74, 6) is -2.26. The molecule has 0 saturated carbocycles. The fourth-order valence-corrected chi connectivity index (χ4v) is 3.90. The number of amides is 5. The van der Waals surface area contributed by atoms with Crippen LogP contribution in [0.5, 0.6) is 11.5 Å². The van der Waals surface area contributed by atoms with E-state index in [1.807, 2.05) is 5.32 Å². The van der Waals surface area contributed by atoms with Crippen molar-refractivity contribution in [2.75, 3.05) is 23.9 Å². The number of hydrogen-bond donors (Lipinski definition) is 2. The SMILES string of the molecule is COc1cc(/C=C2\C(=O)NC(=O)N(c3cccc([N+](=O)[O-])c3)C2=O)cc(Cl)c1OCC(=O)Nc1ccccc1. The summed E-state index contributed by atoms with van der Waals surface area (Å²) in [4.78, 5) is 61.4. The van der Waals surface area contributed by atoms with Crippen LogP contribution in [0.3, 0.4) is 0 Å². The molecule has 3 aromatic carbocycles. The molecular formula is C26H19ClN4O8. The second-order valence-electron chi connectivity index (χ2n) is 7.97. The highest BCUT2D eigenvalue weighted by Crippen LogP contribution is 2.37. The molecule has 0 aliphatic carbocycles. The molecule has 1 aliphatic rings. The van der Waals surface area contributed by atoms with Gasteiger partial charge in [-0.3, -0.25) is 29.8 Å². The average Bonchev–Trinajstić information content (AvgIpc) is 2.90. The highest BCUT2D eigenvalue weighted by atomic mass is 35.5. The van der Waals surface area contributed by atoms with Crippen LogP contribution in [-0.2, 0) is 14.4 Å². The molecule has 39 heavy (non-hydrogen) atoms. The molecule has 1 heterocycles. The first-order chi connectivity index (χ1) is 18.7. The van der Waals surface area contributed by atoms with Gasteiger partial charge >= 0.3 is 6.03 Å². The van der Waals surface area contributed by atoms with Crippen LogP contribution >= 0.6 is 11.6 Å². The molecule has 0 spiro atoms. The van der Waals surface area contributed by atoms with Crippen LogP contribution in [0, 0.1) is 10.1 Å². The number of benzene rings is 3. The molecule has 0 bridgehead atoms. The van der Waals surface area contributed by atoms with Gasteiger partial charge < -0.3 is 14.8 Å². The third kappa shape index (κ3) is 6.02. The van der Waals surface area contributed by atoms with Crippen LogP contribution in [-0.4, -0.2) is 42.4 Å². The Morgan fingerprint density at radius 1 is 1.10 bits per heavy atom. The summed E-state index contributed by atoms with van der Waals surface area (Å²) in [6.07, 6.45) is 1.18. The molecular weight excluding hydrogens is 532 g/mol. The molecule has 0 unspecified atom stereocenters. The molecule has 12 nitrogen and oxygen atoms in total. The Bertz CT molecular complexity index is 1520. The number of nitro groups is 1. The Morgan fingerprint density at radius 3 is 2.54 bits per heavy atom. The largest absolute Gasteiger partial charge is 0.493 e. The number of nitro benzene ring substituents is 1. The monoisotopic (exact) mass is 550 g/mol. The summed E-state index contributed by atoms with van der Waals surface area (Å²) in [6.45, 7) is -0.382. The number of non-ortho nitro benzene ring substituents is 1. The van der Waals surface area contributed by atoms with E-state index in [1.54, 1.807) is 30.3 Å². The van der Waals surface area contributed by atoms with Gasteiger partial charge in [-0.25, -0.2) is 9.69 Å². The quantitative estimate of drug-likeness (QED) is 0.185. The van der Waals surface area contributed by atoms with Gasteiger partial charge in [-0.2, -0.15) is 0 Å². The lowest BCUT2D eigenvalue weighted by Gasteiger charge is -2.26. The van der Waals surface area contributed by atoms with Crippen molar-refractivity contribution in [3.05, 3.63) is 93.0 Å². The van der Waals surface area contributed by atoms with Crippen LogP contribution in [0.1, 0.15) is 5.56 Å². The first-order valence-corrected chi connectivity index (χ1v) is 11.6. The summed E-state index contributed by atoms with van der Waals surface area (Å²) in [6, 6.07) is 15.3. The van der Waals surface area contributed by atoms with Crippen molar-refractivity contribution in [1.82, 2.24) is 5.32 Å². The van der Waals surface area contributed by atoms with Gasteiger partial charge in [0, 0.05) is 17.8 Å². The molecule has 1 aliphatic heterocycles. The lowest BCUT2D eigenvalue weighted by Crippen LogP contribution is -2.54. The zero-order valence-electron chi connectivity index (χ0n) is 20.2. The average molecular weight is 551 g/mol. The number of ether oxygens (including phenoxy) is 2. The van der Waals surface area contributed by atoms with Gasteiger partial charge in [0.2, 0.25) is 0 Å². The number of urea groups is 1. The first-order valence-electron chi connectivity index (χ1n) is 11.2. The topological polar surface area (TPSA) is 157 Å². The van der Waals surface area contributed by atoms with Crippen LogP contribution in [0.2, 0.25) is 5.02 Å². The minimum atomic E-state index is -1.06. The number of methoxy groups -OCH3 is 1. The lowest BCUT2D eigenvalue weighted by atomic mass is 10.1. The molecule has 3 aromatic rings. The second kappa shape index (κ2) is 11.4. The first kappa shape index (κ1) is 26.8. The molecule has 0 radical (unpaired) electrons. The van der Waals surface area contributed by atoms with E-state index in [-0.39, 0.29) is 40.1 Å². The maximum atomic E-state index is 13.1. The number of carbonyl (C=O) groups excluding carboxylic acids is 4. The van der Waals surface area contributed by atoms with E-state index in [0.717, 1.165) is 6.07 Å². The minimum Gasteiger partial charge on any atom is -0.493 e. The maximum absolute atomic E-state index is 13.1. The van der Waals surface area contributed by atoms with E-state index >= 15 is 0 Å². The number of hydrogen-bond acceptors (Lipinski definition) is 8. The van der Waals surface area contributed by atoms with Crippen molar-refractivity contribution in [3.63, 3.8) is 0 Å². The zero-order valence-corrected chi connectivity index (χ0v) is 20.9. The fourth-order valence-electron chi connectivity index (χ4n) is 3.62. The third-order valence-electron chi connectivity index (χ3n) is 5.37. The van der Waals surface area contributed by atoms with Gasteiger partial charge in [-0.1, -0.05) is 35.9 Å². The van der Waals surface area contributed by atoms with E-state index in [2.05, 4.69) is 5.32 Å². The molecule has 1 fully saturated rings. The van der Waals surface area contributed by atoms with Crippen LogP contribution < -0.4 is 25.0 Å². The van der Waals surface area contributed by atoms with Crippen molar-refractivity contribution in [2.24, 2.45) is 0 Å². The Balaban J connectivity index is 1.58. The highest BCUT2D eigenvalue weighted by Gasteiger charge is 2.37. The molecule has 0 atom stereocenters. The number of anilines is 2. The number of para-hydroxylation sites is 1. The summed E-state index contributed by atoms with van der Waals surface area (Å²) >= 11 is 6.36. The number of nitrogens with one attached hydrogen (secondary N) is 2. The maximum Gasteiger partial charge on any atom is 0.335 e. The number of barbiturate groups is 1. The van der Waals surface area contributed by atoms with Crippen LogP contribution in [0.15, 0.2) is 72.3 Å². The molecule has 5 amide bonds. The van der Waals surface area contributed by atoms with E-state index in [1.165, 1.54) is 43.5 Å². The van der Waals surface area contributed by atoms with E-state index in [9.17, 15) is 29.3 Å². The Labute approximate surface area is 225 Å². The number of imide groups is 2. The van der Waals surface area contributed by atoms with Gasteiger partial charge in [0.15, 0.2) is 18.1 Å². The van der Waals surface area contributed by atoms with Crippen LogP contribution in [0.25, 0.3) is 6.08 Å². The highest BCUT2D eigenvalue weighted by molar-refractivity contribution is 6.39. The predicted octanol–water partition coefficient (Wildman–Crippen LogP) is 3.94. The molecule has 198 valence electrons. The normalized spacial score (nSPS) is 14.2. The molecule has 2 N–H and O–H groups in total. The van der Waals surface area contributed by atoms with Crippen molar-refractivity contribution < 1.29 is 33.6 Å². The molecule has 0 aromatic heterocycles. The molecule has 1 saturated heterocycles. The van der Waals surface area contributed by atoms with Crippen molar-refractivity contribution >= 4 is 58.5 Å². The van der Waals surface area contributed by atoms with Crippen molar-refractivity contribution in [2.45, 2.75) is 0 Å². The van der Waals surface area contributed by atoms with Gasteiger partial charge in [-0.15, -0.1) is 0 Å². The van der Waals surface area contributed by atoms with Gasteiger partial charge in [-0.05, 0) is 42.0 Å². The van der Waals surface area contributed by atoms with E-state index in [4.69, 9.17) is 21.1 Å². The third-order valence-corrected chi connectivity index (χ3v) is 5.65. The van der Waals surface area contributed by atoms with Gasteiger partial charge in [0.1, 0.15) is 5.57 Å². The Hall–Kier alpha value is -5.23. The smallest absolute Gasteiger partial charge is 0.335 e. The van der Waals surface area contributed by atoms with Crippen molar-refractivity contribution in [3.8, 4) is 11.5 Å². The summed E-state index contributed by atoms with van der Waals surface area (Å²) in [7, 11) is 1.33. The number of halogens is 1. The van der Waals surface area contributed by atoms with Gasteiger partial charge in [0.25, 0.3) is 23.4 Å². The van der Waals surface area contributed by atoms with E-state index in [0.29, 0.717) is 10.6 Å². The van der Waals surface area contributed by atoms with E-state index < -0.39 is 34.2 Å². The predicted molar refractivity (Wildman–Crippen MR) is 141 cm³/mol. The lowest BCUT2D eigenvalue weighted by molar-refractivity contribution is -0.384. The number of rotatable bonds is 8. The zero-order chi connectivity index (χ0) is 28.1. The van der Waals surface area contributed by atoms with Gasteiger partial charge in [0.05, 0.1) is 22.7 Å². The number of carbonyl (C=O) groups is 4. The number of nitrogens with zero attached hydrogens (tertiary/aromatic N) is 2. The van der Waals surface area contributed by atoms with Crippen LogP contribution in [0.4, 0.5) is 21.9 Å². The Kier molecular flexibility index (Phi) is 7.87.